The van der Waals surface area contributed by atoms with E-state index >= 15 is 0 Å². The number of furan rings is 1. The van der Waals surface area contributed by atoms with Gasteiger partial charge >= 0.3 is 0 Å². The monoisotopic (exact) mass is 286 g/mol. The van der Waals surface area contributed by atoms with E-state index in [1.165, 1.54) is 6.08 Å². The number of aryl methyl sites for hydroxylation is 1. The molecule has 1 amide bonds. The summed E-state index contributed by atoms with van der Waals surface area (Å²) in [6.45, 7) is 4.22. The summed E-state index contributed by atoms with van der Waals surface area (Å²) in [5, 5.41) is 2.79. The highest BCUT2D eigenvalue weighted by atomic mass is 16.5. The zero-order valence-corrected chi connectivity index (χ0v) is 12.3. The molecule has 0 saturated carbocycles. The zero-order valence-electron chi connectivity index (χ0n) is 12.3. The fraction of sp³-hybridized carbons (Fsp3) is 0.250. The molecule has 110 valence electrons. The van der Waals surface area contributed by atoms with Gasteiger partial charge in [-0.1, -0.05) is 0 Å². The first-order chi connectivity index (χ1) is 10.1. The molecule has 21 heavy (non-hydrogen) atoms. The molecule has 2 heterocycles. The summed E-state index contributed by atoms with van der Waals surface area (Å²) in [6.07, 6.45) is 6.35. The van der Waals surface area contributed by atoms with E-state index in [0.717, 1.165) is 22.6 Å². The zero-order chi connectivity index (χ0) is 15.2. The number of rotatable bonds is 5. The van der Waals surface area contributed by atoms with Crippen LogP contribution in [0.2, 0.25) is 0 Å². The van der Waals surface area contributed by atoms with Crippen molar-refractivity contribution in [3.8, 4) is 5.75 Å². The van der Waals surface area contributed by atoms with E-state index in [0.29, 0.717) is 12.3 Å². The van der Waals surface area contributed by atoms with Gasteiger partial charge in [0.2, 0.25) is 5.91 Å². The van der Waals surface area contributed by atoms with Crippen molar-refractivity contribution >= 4 is 12.0 Å². The van der Waals surface area contributed by atoms with Crippen LogP contribution in [0.4, 0.5) is 0 Å². The first-order valence-corrected chi connectivity index (χ1v) is 6.60. The lowest BCUT2D eigenvalue weighted by atomic mass is 10.1. The van der Waals surface area contributed by atoms with Crippen molar-refractivity contribution in [1.82, 2.24) is 10.3 Å². The van der Waals surface area contributed by atoms with E-state index < -0.39 is 0 Å². The normalized spacial score (nSPS) is 10.8. The number of ether oxygens (including phenoxy) is 1. The van der Waals surface area contributed by atoms with Gasteiger partial charge in [-0.2, -0.15) is 0 Å². The summed E-state index contributed by atoms with van der Waals surface area (Å²) in [5.74, 6) is 1.24. The molecule has 2 aromatic heterocycles. The maximum absolute atomic E-state index is 11.7. The third kappa shape index (κ3) is 3.72. The van der Waals surface area contributed by atoms with Gasteiger partial charge < -0.3 is 14.5 Å². The van der Waals surface area contributed by atoms with Crippen molar-refractivity contribution < 1.29 is 13.9 Å². The molecule has 2 rings (SSSR count). The highest BCUT2D eigenvalue weighted by molar-refractivity contribution is 5.91. The Morgan fingerprint density at radius 2 is 2.29 bits per heavy atom. The number of hydrogen-bond donors (Lipinski definition) is 1. The summed E-state index contributed by atoms with van der Waals surface area (Å²) < 4.78 is 10.5. The van der Waals surface area contributed by atoms with Crippen LogP contribution in [-0.4, -0.2) is 18.0 Å². The number of carbonyl (C=O) groups excluding carboxylic acids is 1. The average Bonchev–Trinajstić information content (AvgIpc) is 2.98. The van der Waals surface area contributed by atoms with Gasteiger partial charge in [-0.25, -0.2) is 0 Å². The number of aromatic nitrogens is 1. The largest absolute Gasteiger partial charge is 0.496 e. The van der Waals surface area contributed by atoms with Crippen molar-refractivity contribution in [3.05, 3.63) is 53.2 Å². The Bertz CT molecular complexity index is 646. The first-order valence-electron chi connectivity index (χ1n) is 6.60. The number of methoxy groups -OCH3 is 1. The quantitative estimate of drug-likeness (QED) is 0.858. The molecule has 1 N–H and O–H groups in total. The molecule has 0 aromatic carbocycles. The summed E-state index contributed by atoms with van der Waals surface area (Å²) >= 11 is 0. The predicted octanol–water partition coefficient (Wildman–Crippen LogP) is 2.63. The minimum absolute atomic E-state index is 0.202. The van der Waals surface area contributed by atoms with Crippen LogP contribution in [0.5, 0.6) is 5.75 Å². The van der Waals surface area contributed by atoms with Crippen molar-refractivity contribution in [1.29, 1.82) is 0 Å². The molecule has 0 saturated heterocycles. The average molecular weight is 286 g/mol. The summed E-state index contributed by atoms with van der Waals surface area (Å²) in [6, 6.07) is 3.55. The van der Waals surface area contributed by atoms with E-state index in [9.17, 15) is 4.79 Å². The van der Waals surface area contributed by atoms with Crippen LogP contribution in [0.1, 0.15) is 22.6 Å². The van der Waals surface area contributed by atoms with Crippen LogP contribution >= 0.6 is 0 Å². The van der Waals surface area contributed by atoms with E-state index in [1.807, 2.05) is 13.8 Å². The first kappa shape index (κ1) is 14.8. The molecular formula is C16H18N2O3. The molecule has 0 aliphatic rings. The predicted molar refractivity (Wildman–Crippen MR) is 79.9 cm³/mol. The van der Waals surface area contributed by atoms with Gasteiger partial charge in [0.15, 0.2) is 0 Å². The maximum Gasteiger partial charge on any atom is 0.244 e. The number of hydrogen-bond acceptors (Lipinski definition) is 4. The molecule has 0 radical (unpaired) electrons. The molecule has 0 bridgehead atoms. The van der Waals surface area contributed by atoms with Crippen molar-refractivity contribution in [2.24, 2.45) is 0 Å². The van der Waals surface area contributed by atoms with Gasteiger partial charge in [-0.15, -0.1) is 0 Å². The Balaban J connectivity index is 1.98. The number of carbonyl (C=O) groups is 1. The molecule has 0 aliphatic heterocycles. The Morgan fingerprint density at radius 3 is 2.95 bits per heavy atom. The number of nitrogens with zero attached hydrogens (tertiary/aromatic N) is 1. The Morgan fingerprint density at radius 1 is 1.48 bits per heavy atom. The molecule has 0 aliphatic carbocycles. The Labute approximate surface area is 123 Å². The van der Waals surface area contributed by atoms with E-state index in [1.54, 1.807) is 37.8 Å². The van der Waals surface area contributed by atoms with Crippen LogP contribution < -0.4 is 10.1 Å². The van der Waals surface area contributed by atoms with Gasteiger partial charge in [-0.3, -0.25) is 9.78 Å². The molecule has 5 nitrogen and oxygen atoms in total. The third-order valence-corrected chi connectivity index (χ3v) is 3.12. The molecule has 0 atom stereocenters. The fourth-order valence-corrected chi connectivity index (χ4v) is 2.02. The molecule has 0 spiro atoms. The smallest absolute Gasteiger partial charge is 0.244 e. The van der Waals surface area contributed by atoms with E-state index in [4.69, 9.17) is 9.15 Å². The van der Waals surface area contributed by atoms with E-state index in [-0.39, 0.29) is 5.91 Å². The standard InChI is InChI=1S/C16H18N2O3/c1-11-9-17-14(12(2)16(11)20-3)10-18-15(19)7-6-13-5-4-8-21-13/h4-9H,10H2,1-3H3,(H,18,19)/b7-6+. The Kier molecular flexibility index (Phi) is 4.77. The van der Waals surface area contributed by atoms with Crippen molar-refractivity contribution in [2.45, 2.75) is 20.4 Å². The highest BCUT2D eigenvalue weighted by Gasteiger charge is 2.09. The van der Waals surface area contributed by atoms with Crippen LogP contribution in [0.3, 0.4) is 0 Å². The number of nitrogens with one attached hydrogen (secondary N) is 1. The highest BCUT2D eigenvalue weighted by Crippen LogP contribution is 2.23. The van der Waals surface area contributed by atoms with Gasteiger partial charge in [0.05, 0.1) is 25.6 Å². The minimum atomic E-state index is -0.202. The van der Waals surface area contributed by atoms with Crippen LogP contribution in [-0.2, 0) is 11.3 Å². The second kappa shape index (κ2) is 6.74. The molecular weight excluding hydrogens is 268 g/mol. The molecule has 0 unspecified atom stereocenters. The minimum Gasteiger partial charge on any atom is -0.496 e. The SMILES string of the molecule is COc1c(C)cnc(CNC(=O)/C=C/c2ccco2)c1C. The topological polar surface area (TPSA) is 64.4 Å². The fourth-order valence-electron chi connectivity index (χ4n) is 2.02. The molecule has 5 heteroatoms. The van der Waals surface area contributed by atoms with Crippen LogP contribution in [0.15, 0.2) is 35.1 Å². The van der Waals surface area contributed by atoms with Gasteiger partial charge in [0, 0.05) is 23.4 Å². The van der Waals surface area contributed by atoms with Crippen LogP contribution in [0.25, 0.3) is 6.08 Å². The lowest BCUT2D eigenvalue weighted by Crippen LogP contribution is -2.21. The second-order valence-corrected chi connectivity index (χ2v) is 4.61. The van der Waals surface area contributed by atoms with Gasteiger partial charge in [0.1, 0.15) is 11.5 Å². The second-order valence-electron chi connectivity index (χ2n) is 4.61. The van der Waals surface area contributed by atoms with Crippen molar-refractivity contribution in [3.63, 3.8) is 0 Å². The molecule has 0 fully saturated rings. The summed E-state index contributed by atoms with van der Waals surface area (Å²) in [7, 11) is 1.63. The summed E-state index contributed by atoms with van der Waals surface area (Å²) in [4.78, 5) is 16.1. The lowest BCUT2D eigenvalue weighted by Gasteiger charge is -2.12. The number of amides is 1. The maximum atomic E-state index is 11.7. The van der Waals surface area contributed by atoms with Crippen LogP contribution in [0, 0.1) is 13.8 Å². The summed E-state index contributed by atoms with van der Waals surface area (Å²) in [5.41, 5.74) is 2.70. The Hall–Kier alpha value is -2.56. The van der Waals surface area contributed by atoms with Crippen molar-refractivity contribution in [2.75, 3.05) is 7.11 Å². The number of pyridine rings is 1. The van der Waals surface area contributed by atoms with Gasteiger partial charge in [-0.05, 0) is 32.1 Å². The van der Waals surface area contributed by atoms with E-state index in [2.05, 4.69) is 10.3 Å². The van der Waals surface area contributed by atoms with Gasteiger partial charge in [0.25, 0.3) is 0 Å². The lowest BCUT2D eigenvalue weighted by molar-refractivity contribution is -0.116. The third-order valence-electron chi connectivity index (χ3n) is 3.12. The molecule has 2 aromatic rings.